The monoisotopic (exact) mass is 306 g/mol. The van der Waals surface area contributed by atoms with Crippen LogP contribution in [0.15, 0.2) is 12.1 Å². The molecule has 3 heteroatoms. The summed E-state index contributed by atoms with van der Waals surface area (Å²) in [6.07, 6.45) is 2.14. The Balaban J connectivity index is 3.11. The molecule has 0 saturated heterocycles. The van der Waals surface area contributed by atoms with Crippen molar-refractivity contribution in [3.05, 3.63) is 21.3 Å². The van der Waals surface area contributed by atoms with Crippen molar-refractivity contribution in [1.29, 1.82) is 0 Å². The molecule has 0 heterocycles. The van der Waals surface area contributed by atoms with Gasteiger partial charge in [0.25, 0.3) is 0 Å². The first-order chi connectivity index (χ1) is 6.72. The molecule has 0 atom stereocenters. The van der Waals surface area contributed by atoms with Crippen molar-refractivity contribution in [2.45, 2.75) is 19.8 Å². The Morgan fingerprint density at radius 1 is 1.14 bits per heavy atom. The van der Waals surface area contributed by atoms with Gasteiger partial charge in [0, 0.05) is 0 Å². The topological polar surface area (TPSA) is 18.5 Å². The van der Waals surface area contributed by atoms with E-state index in [-0.39, 0.29) is 0 Å². The van der Waals surface area contributed by atoms with Crippen LogP contribution in [-0.4, -0.2) is 14.2 Å². The molecule has 0 bridgehead atoms. The lowest BCUT2D eigenvalue weighted by Crippen LogP contribution is -1.95. The van der Waals surface area contributed by atoms with Gasteiger partial charge in [0.2, 0.25) is 0 Å². The molecule has 0 N–H and O–H groups in total. The van der Waals surface area contributed by atoms with E-state index in [0.717, 1.165) is 27.9 Å². The maximum Gasteiger partial charge on any atom is 0.132 e. The molecule has 1 rings (SSSR count). The molecule has 0 saturated carbocycles. The van der Waals surface area contributed by atoms with Crippen molar-refractivity contribution < 1.29 is 9.47 Å². The highest BCUT2D eigenvalue weighted by atomic mass is 127. The quantitative estimate of drug-likeness (QED) is 0.795. The molecule has 2 nitrogen and oxygen atoms in total. The second-order valence-electron chi connectivity index (χ2n) is 3.05. The van der Waals surface area contributed by atoms with Gasteiger partial charge in [-0.2, -0.15) is 0 Å². The second kappa shape index (κ2) is 5.44. The summed E-state index contributed by atoms with van der Waals surface area (Å²) < 4.78 is 11.7. The smallest absolute Gasteiger partial charge is 0.132 e. The summed E-state index contributed by atoms with van der Waals surface area (Å²) in [5, 5.41) is 0. The number of hydrogen-bond donors (Lipinski definition) is 0. The van der Waals surface area contributed by atoms with E-state index < -0.39 is 0 Å². The molecule has 1 aromatic carbocycles. The van der Waals surface area contributed by atoms with Gasteiger partial charge in [-0.1, -0.05) is 13.3 Å². The molecule has 0 aliphatic rings. The van der Waals surface area contributed by atoms with Gasteiger partial charge in [-0.05, 0) is 46.7 Å². The average Bonchev–Trinajstić information content (AvgIpc) is 2.20. The number of halogens is 1. The fraction of sp³-hybridized carbons (Fsp3) is 0.455. The van der Waals surface area contributed by atoms with E-state index in [9.17, 15) is 0 Å². The van der Waals surface area contributed by atoms with Crippen LogP contribution in [0.5, 0.6) is 11.5 Å². The summed E-state index contributed by atoms with van der Waals surface area (Å²) in [4.78, 5) is 0. The normalized spacial score (nSPS) is 10.0. The number of aryl methyl sites for hydroxylation is 1. The molecular formula is C11H15IO2. The summed E-state index contributed by atoms with van der Waals surface area (Å²) in [6.45, 7) is 2.16. The van der Waals surface area contributed by atoms with Crippen LogP contribution in [0.3, 0.4) is 0 Å². The van der Waals surface area contributed by atoms with Gasteiger partial charge in [0.05, 0.1) is 17.8 Å². The van der Waals surface area contributed by atoms with Crippen molar-refractivity contribution in [3.8, 4) is 11.5 Å². The minimum atomic E-state index is 0.926. The largest absolute Gasteiger partial charge is 0.496 e. The predicted octanol–water partition coefficient (Wildman–Crippen LogP) is 3.26. The Morgan fingerprint density at radius 3 is 2.29 bits per heavy atom. The Kier molecular flexibility index (Phi) is 4.51. The van der Waals surface area contributed by atoms with Crippen LogP contribution in [-0.2, 0) is 6.42 Å². The van der Waals surface area contributed by atoms with E-state index >= 15 is 0 Å². The van der Waals surface area contributed by atoms with Crippen LogP contribution in [0.1, 0.15) is 18.9 Å². The fourth-order valence-electron chi connectivity index (χ4n) is 1.39. The Hall–Kier alpha value is -0.450. The number of hydrogen-bond acceptors (Lipinski definition) is 2. The van der Waals surface area contributed by atoms with Crippen molar-refractivity contribution in [3.63, 3.8) is 0 Å². The van der Waals surface area contributed by atoms with Crippen LogP contribution < -0.4 is 9.47 Å². The van der Waals surface area contributed by atoms with E-state index in [1.54, 1.807) is 14.2 Å². The lowest BCUT2D eigenvalue weighted by atomic mass is 10.1. The summed E-state index contributed by atoms with van der Waals surface area (Å²) in [7, 11) is 3.40. The average molecular weight is 306 g/mol. The third-order valence-corrected chi connectivity index (χ3v) is 2.92. The first-order valence-corrected chi connectivity index (χ1v) is 5.71. The minimum Gasteiger partial charge on any atom is -0.496 e. The van der Waals surface area contributed by atoms with E-state index in [0.29, 0.717) is 0 Å². The summed E-state index contributed by atoms with van der Waals surface area (Å²) in [6, 6.07) is 4.08. The van der Waals surface area contributed by atoms with Gasteiger partial charge < -0.3 is 9.47 Å². The van der Waals surface area contributed by atoms with Crippen molar-refractivity contribution >= 4 is 22.6 Å². The molecule has 0 unspecified atom stereocenters. The van der Waals surface area contributed by atoms with Crippen LogP contribution in [0.25, 0.3) is 0 Å². The van der Waals surface area contributed by atoms with Crippen molar-refractivity contribution in [1.82, 2.24) is 0 Å². The zero-order chi connectivity index (χ0) is 10.6. The summed E-state index contributed by atoms with van der Waals surface area (Å²) in [5.74, 6) is 1.88. The molecule has 0 fully saturated rings. The summed E-state index contributed by atoms with van der Waals surface area (Å²) in [5.41, 5.74) is 1.22. The SMILES string of the molecule is CCCc1cc(OC)c(I)cc1OC. The molecule has 0 spiro atoms. The lowest BCUT2D eigenvalue weighted by molar-refractivity contribution is 0.396. The Morgan fingerprint density at radius 2 is 1.79 bits per heavy atom. The molecule has 0 amide bonds. The zero-order valence-corrected chi connectivity index (χ0v) is 10.9. The Labute approximate surface area is 98.7 Å². The minimum absolute atomic E-state index is 0.926. The first kappa shape index (κ1) is 11.6. The van der Waals surface area contributed by atoms with Crippen LogP contribution >= 0.6 is 22.6 Å². The second-order valence-corrected chi connectivity index (χ2v) is 4.21. The van der Waals surface area contributed by atoms with Crippen LogP contribution in [0.4, 0.5) is 0 Å². The highest BCUT2D eigenvalue weighted by Gasteiger charge is 2.08. The molecule has 0 aliphatic heterocycles. The predicted molar refractivity (Wildman–Crippen MR) is 66.3 cm³/mol. The molecule has 78 valence electrons. The molecule has 14 heavy (non-hydrogen) atoms. The van der Waals surface area contributed by atoms with E-state index in [2.05, 4.69) is 35.6 Å². The van der Waals surface area contributed by atoms with Gasteiger partial charge in [-0.15, -0.1) is 0 Å². The van der Waals surface area contributed by atoms with Gasteiger partial charge >= 0.3 is 0 Å². The van der Waals surface area contributed by atoms with Gasteiger partial charge in [-0.3, -0.25) is 0 Å². The third kappa shape index (κ3) is 2.53. The zero-order valence-electron chi connectivity index (χ0n) is 8.76. The Bertz CT molecular complexity index is 310. The molecule has 0 radical (unpaired) electrons. The van der Waals surface area contributed by atoms with Crippen molar-refractivity contribution in [2.75, 3.05) is 14.2 Å². The summed E-state index contributed by atoms with van der Waals surface area (Å²) >= 11 is 2.25. The maximum absolute atomic E-state index is 5.32. The standard InChI is InChI=1S/C11H15IO2/c1-4-5-8-6-11(14-3)9(12)7-10(8)13-2/h6-7H,4-5H2,1-3H3. The van der Waals surface area contributed by atoms with E-state index in [4.69, 9.17) is 9.47 Å². The molecule has 0 aromatic heterocycles. The number of methoxy groups -OCH3 is 2. The van der Waals surface area contributed by atoms with Gasteiger partial charge in [0.15, 0.2) is 0 Å². The van der Waals surface area contributed by atoms with E-state index in [1.807, 2.05) is 6.07 Å². The molecule has 0 aliphatic carbocycles. The number of ether oxygens (including phenoxy) is 2. The van der Waals surface area contributed by atoms with Crippen LogP contribution in [0, 0.1) is 3.57 Å². The maximum atomic E-state index is 5.32. The van der Waals surface area contributed by atoms with Gasteiger partial charge in [0.1, 0.15) is 11.5 Å². The number of benzene rings is 1. The van der Waals surface area contributed by atoms with Gasteiger partial charge in [-0.25, -0.2) is 0 Å². The third-order valence-electron chi connectivity index (χ3n) is 2.07. The molecular weight excluding hydrogens is 291 g/mol. The highest BCUT2D eigenvalue weighted by Crippen LogP contribution is 2.30. The highest BCUT2D eigenvalue weighted by molar-refractivity contribution is 14.1. The van der Waals surface area contributed by atoms with Crippen molar-refractivity contribution in [2.24, 2.45) is 0 Å². The van der Waals surface area contributed by atoms with E-state index in [1.165, 1.54) is 5.56 Å². The van der Waals surface area contributed by atoms with Crippen LogP contribution in [0.2, 0.25) is 0 Å². The first-order valence-electron chi connectivity index (χ1n) is 4.63. The number of rotatable bonds is 4. The molecule has 1 aromatic rings. The lowest BCUT2D eigenvalue weighted by Gasteiger charge is -2.11. The fourth-order valence-corrected chi connectivity index (χ4v) is 2.05.